The van der Waals surface area contributed by atoms with Crippen LogP contribution in [0.15, 0.2) is 47.2 Å². The molecule has 136 valence electrons. The smallest absolute Gasteiger partial charge is 0.263 e. The van der Waals surface area contributed by atoms with Crippen LogP contribution < -0.4 is 0 Å². The van der Waals surface area contributed by atoms with Crippen LogP contribution in [0.1, 0.15) is 16.1 Å². The number of thiophene rings is 1. The molecule has 0 radical (unpaired) electrons. The molecule has 0 spiro atoms. The molecule has 4 rings (SSSR count). The molecule has 1 saturated heterocycles. The molecule has 0 unspecified atom stereocenters. The van der Waals surface area contributed by atoms with Crippen molar-refractivity contribution in [2.75, 3.05) is 0 Å². The molecule has 0 aliphatic carbocycles. The summed E-state index contributed by atoms with van der Waals surface area (Å²) >= 11 is 2.88. The van der Waals surface area contributed by atoms with E-state index in [2.05, 4.69) is 4.98 Å². The Balaban J connectivity index is 1.51. The van der Waals surface area contributed by atoms with Crippen LogP contribution in [-0.2, 0) is 22.7 Å². The highest BCUT2D eigenvalue weighted by atomic mass is 32.1. The Morgan fingerprint density at radius 3 is 2.30 bits per heavy atom. The summed E-state index contributed by atoms with van der Waals surface area (Å²) in [5.74, 6) is -1.59. The second-order valence-electron chi connectivity index (χ2n) is 6.15. The quantitative estimate of drug-likeness (QED) is 0.486. The molecular weight excluding hydrogens is 382 g/mol. The Morgan fingerprint density at radius 1 is 0.926 bits per heavy atom. The molecule has 1 aliphatic heterocycles. The van der Waals surface area contributed by atoms with Gasteiger partial charge < -0.3 is 0 Å². The lowest BCUT2D eigenvalue weighted by molar-refractivity contribution is -0.143. The molecule has 6 nitrogen and oxygen atoms in total. The minimum atomic E-state index is -0.804. The van der Waals surface area contributed by atoms with Crippen LogP contribution in [0.4, 0.5) is 4.79 Å². The third-order valence-corrected chi connectivity index (χ3v) is 6.00. The molecule has 1 aromatic carbocycles. The van der Waals surface area contributed by atoms with E-state index in [4.69, 9.17) is 0 Å². The van der Waals surface area contributed by atoms with E-state index in [1.54, 1.807) is 0 Å². The van der Waals surface area contributed by atoms with Crippen molar-refractivity contribution in [3.63, 3.8) is 0 Å². The number of imide groups is 2. The van der Waals surface area contributed by atoms with Crippen molar-refractivity contribution < 1.29 is 14.4 Å². The van der Waals surface area contributed by atoms with Gasteiger partial charge in [-0.3, -0.25) is 14.5 Å². The van der Waals surface area contributed by atoms with Gasteiger partial charge in [0.25, 0.3) is 0 Å². The van der Waals surface area contributed by atoms with Gasteiger partial charge >= 0.3 is 17.8 Å². The van der Waals surface area contributed by atoms with E-state index >= 15 is 0 Å². The van der Waals surface area contributed by atoms with Crippen LogP contribution in [0.3, 0.4) is 0 Å². The van der Waals surface area contributed by atoms with Crippen molar-refractivity contribution >= 4 is 40.5 Å². The first-order valence-electron chi connectivity index (χ1n) is 8.24. The number of rotatable bonds is 5. The van der Waals surface area contributed by atoms with Gasteiger partial charge in [0.2, 0.25) is 0 Å². The van der Waals surface area contributed by atoms with E-state index in [0.717, 1.165) is 30.8 Å². The number of aryl methyl sites for hydroxylation is 1. The van der Waals surface area contributed by atoms with Crippen LogP contribution in [0.25, 0.3) is 10.6 Å². The molecule has 4 amide bonds. The zero-order valence-electron chi connectivity index (χ0n) is 14.4. The molecule has 2 aromatic heterocycles. The van der Waals surface area contributed by atoms with Crippen molar-refractivity contribution in [3.05, 3.63) is 63.3 Å². The Morgan fingerprint density at radius 2 is 1.63 bits per heavy atom. The molecule has 3 aromatic rings. The average Bonchev–Trinajstić information content (AvgIpc) is 3.38. The molecule has 0 saturated carbocycles. The molecule has 27 heavy (non-hydrogen) atoms. The molecule has 3 heterocycles. The Bertz CT molecular complexity index is 1010. The van der Waals surface area contributed by atoms with Crippen LogP contribution in [0.2, 0.25) is 0 Å². The first-order chi connectivity index (χ1) is 13.0. The molecule has 8 heteroatoms. The topological polar surface area (TPSA) is 70.6 Å². The maximum Gasteiger partial charge on any atom is 0.334 e. The molecule has 1 fully saturated rings. The summed E-state index contributed by atoms with van der Waals surface area (Å²) < 4.78 is 0. The molecular formula is C19H15N3O3S2. The van der Waals surface area contributed by atoms with Gasteiger partial charge in [-0.05, 0) is 18.4 Å². The third kappa shape index (κ3) is 3.41. The highest BCUT2D eigenvalue weighted by Gasteiger charge is 2.44. The fourth-order valence-electron chi connectivity index (χ4n) is 2.76. The lowest BCUT2D eigenvalue weighted by Gasteiger charge is -2.13. The molecule has 1 aliphatic rings. The number of carbonyl (C=O) groups excluding carboxylic acids is 3. The molecule has 0 N–H and O–H groups in total. The highest BCUT2D eigenvalue weighted by Crippen LogP contribution is 2.26. The Kier molecular flexibility index (Phi) is 4.59. The third-order valence-electron chi connectivity index (χ3n) is 4.20. The standard InChI is InChI=1S/C19H15N3O3S2/c1-12-4-6-13(7-5-12)16-20-14(11-27-16)9-21-17(23)18(24)22(19(21)25)10-15-3-2-8-26-15/h2-8,11H,9-10H2,1H3. The van der Waals surface area contributed by atoms with Crippen LogP contribution in [0, 0.1) is 6.92 Å². The van der Waals surface area contributed by atoms with Crippen LogP contribution in [0.5, 0.6) is 0 Å². The summed E-state index contributed by atoms with van der Waals surface area (Å²) in [7, 11) is 0. The van der Waals surface area contributed by atoms with Gasteiger partial charge in [-0.2, -0.15) is 0 Å². The fraction of sp³-hybridized carbons (Fsp3) is 0.158. The van der Waals surface area contributed by atoms with Crippen molar-refractivity contribution in [2.24, 2.45) is 0 Å². The number of aromatic nitrogens is 1. The minimum absolute atomic E-state index is 0.00723. The number of hydrogen-bond acceptors (Lipinski definition) is 6. The van der Waals surface area contributed by atoms with Crippen LogP contribution in [-0.4, -0.2) is 32.6 Å². The second kappa shape index (κ2) is 7.05. The normalized spacial score (nSPS) is 14.5. The number of urea groups is 1. The molecule has 0 bridgehead atoms. The van der Waals surface area contributed by atoms with E-state index in [1.165, 1.54) is 22.7 Å². The van der Waals surface area contributed by atoms with Crippen LogP contribution >= 0.6 is 22.7 Å². The van der Waals surface area contributed by atoms with E-state index < -0.39 is 17.8 Å². The SMILES string of the molecule is Cc1ccc(-c2nc(CN3C(=O)C(=O)N(Cc4cccs4)C3=O)cs2)cc1. The molecule has 0 atom stereocenters. The maximum absolute atomic E-state index is 12.6. The summed E-state index contributed by atoms with van der Waals surface area (Å²) in [6.07, 6.45) is 0. The van der Waals surface area contributed by atoms with Gasteiger partial charge in [-0.1, -0.05) is 35.9 Å². The average molecular weight is 397 g/mol. The Labute approximate surface area is 163 Å². The largest absolute Gasteiger partial charge is 0.334 e. The number of thiazole rings is 1. The van der Waals surface area contributed by atoms with Gasteiger partial charge in [-0.25, -0.2) is 14.7 Å². The lowest BCUT2D eigenvalue weighted by Crippen LogP contribution is -2.32. The van der Waals surface area contributed by atoms with Gasteiger partial charge in [-0.15, -0.1) is 22.7 Å². The van der Waals surface area contributed by atoms with E-state index in [9.17, 15) is 14.4 Å². The zero-order valence-corrected chi connectivity index (χ0v) is 16.0. The van der Waals surface area contributed by atoms with E-state index in [1.807, 2.05) is 54.1 Å². The van der Waals surface area contributed by atoms with Gasteiger partial charge in [0, 0.05) is 15.8 Å². The zero-order chi connectivity index (χ0) is 19.0. The minimum Gasteiger partial charge on any atom is -0.263 e. The van der Waals surface area contributed by atoms with Crippen molar-refractivity contribution in [1.82, 2.24) is 14.8 Å². The second-order valence-corrected chi connectivity index (χ2v) is 8.04. The lowest BCUT2D eigenvalue weighted by atomic mass is 10.2. The van der Waals surface area contributed by atoms with Crippen molar-refractivity contribution in [1.29, 1.82) is 0 Å². The van der Waals surface area contributed by atoms with E-state index in [0.29, 0.717) is 5.69 Å². The van der Waals surface area contributed by atoms with E-state index in [-0.39, 0.29) is 13.1 Å². The summed E-state index contributed by atoms with van der Waals surface area (Å²) in [6.45, 7) is 2.12. The predicted octanol–water partition coefficient (Wildman–Crippen LogP) is 3.67. The first-order valence-corrected chi connectivity index (χ1v) is 10.00. The van der Waals surface area contributed by atoms with Crippen molar-refractivity contribution in [3.8, 4) is 10.6 Å². The number of amides is 4. The maximum atomic E-state index is 12.6. The number of nitrogens with zero attached hydrogens (tertiary/aromatic N) is 3. The number of hydrogen-bond donors (Lipinski definition) is 0. The fourth-order valence-corrected chi connectivity index (χ4v) is 4.27. The summed E-state index contributed by atoms with van der Waals surface area (Å²) in [4.78, 5) is 44.3. The Hall–Kier alpha value is -2.84. The predicted molar refractivity (Wildman–Crippen MR) is 103 cm³/mol. The van der Waals surface area contributed by atoms with Gasteiger partial charge in [0.05, 0.1) is 18.8 Å². The monoisotopic (exact) mass is 397 g/mol. The summed E-state index contributed by atoms with van der Waals surface area (Å²) in [5.41, 5.74) is 2.72. The van der Waals surface area contributed by atoms with Gasteiger partial charge in [0.1, 0.15) is 5.01 Å². The van der Waals surface area contributed by atoms with Crippen molar-refractivity contribution in [2.45, 2.75) is 20.0 Å². The summed E-state index contributed by atoms with van der Waals surface area (Å²) in [5, 5.41) is 4.48. The van der Waals surface area contributed by atoms with Gasteiger partial charge in [0.15, 0.2) is 0 Å². The highest BCUT2D eigenvalue weighted by molar-refractivity contribution is 7.13. The summed E-state index contributed by atoms with van der Waals surface area (Å²) in [6, 6.07) is 11.0. The number of benzene rings is 1. The first kappa shape index (κ1) is 17.6. The number of carbonyl (C=O) groups is 3.